The summed E-state index contributed by atoms with van der Waals surface area (Å²) in [4.78, 5) is 2.21. The molecule has 0 aromatic heterocycles. The fraction of sp³-hybridized carbons (Fsp3) is 1.00. The summed E-state index contributed by atoms with van der Waals surface area (Å²) in [6.45, 7) is 6.15. The molecule has 15 heavy (non-hydrogen) atoms. The maximum atomic E-state index is 8.88. The van der Waals surface area contributed by atoms with Crippen LogP contribution in [0.2, 0.25) is 0 Å². The predicted octanol–water partition coefficient (Wildman–Crippen LogP) is 0.0160. The summed E-state index contributed by atoms with van der Waals surface area (Å²) >= 11 is 0. The fourth-order valence-electron chi connectivity index (χ4n) is 1.57. The Balaban J connectivity index is 4.31. The van der Waals surface area contributed by atoms with E-state index in [1.165, 1.54) is 0 Å². The van der Waals surface area contributed by atoms with Crippen LogP contribution in [0.4, 0.5) is 0 Å². The molecule has 0 heterocycles. The van der Waals surface area contributed by atoms with Crippen molar-refractivity contribution in [3.8, 4) is 0 Å². The zero-order chi connectivity index (χ0) is 11.9. The van der Waals surface area contributed by atoms with Crippen molar-refractivity contribution < 1.29 is 5.11 Å². The zero-order valence-electron chi connectivity index (χ0n) is 10.6. The highest BCUT2D eigenvalue weighted by atomic mass is 16.2. The van der Waals surface area contributed by atoms with Crippen molar-refractivity contribution in [2.75, 3.05) is 33.8 Å². The number of nitrogens with zero attached hydrogens (tertiary/aromatic N) is 1. The van der Waals surface area contributed by atoms with Gasteiger partial charge in [-0.15, -0.1) is 0 Å². The highest BCUT2D eigenvalue weighted by Gasteiger charge is 2.30. The average molecular weight is 217 g/mol. The number of hydrogen-bond donors (Lipinski definition) is 3. The first-order valence-electron chi connectivity index (χ1n) is 5.68. The van der Waals surface area contributed by atoms with Crippen LogP contribution in [-0.2, 0) is 0 Å². The molecule has 0 amide bonds. The normalized spacial score (nSPS) is 14.6. The van der Waals surface area contributed by atoms with E-state index < -0.39 is 0 Å². The van der Waals surface area contributed by atoms with Gasteiger partial charge in [0.1, 0.15) is 0 Å². The van der Waals surface area contributed by atoms with Crippen molar-refractivity contribution in [2.45, 2.75) is 38.3 Å². The molecule has 0 bridgehead atoms. The summed E-state index contributed by atoms with van der Waals surface area (Å²) in [5.41, 5.74) is 5.57. The third-order valence-corrected chi connectivity index (χ3v) is 3.19. The lowest BCUT2D eigenvalue weighted by Gasteiger charge is -2.41. The Morgan fingerprint density at radius 2 is 2.00 bits per heavy atom. The van der Waals surface area contributed by atoms with E-state index in [0.717, 1.165) is 19.4 Å². The van der Waals surface area contributed by atoms with Gasteiger partial charge in [-0.3, -0.25) is 0 Å². The minimum Gasteiger partial charge on any atom is -0.396 e. The van der Waals surface area contributed by atoms with Crippen LogP contribution >= 0.6 is 0 Å². The smallest absolute Gasteiger partial charge is 0.0431 e. The highest BCUT2D eigenvalue weighted by molar-refractivity contribution is 4.91. The summed E-state index contributed by atoms with van der Waals surface area (Å²) in [7, 11) is 4.16. The van der Waals surface area contributed by atoms with Crippen LogP contribution in [-0.4, -0.2) is 55.4 Å². The van der Waals surface area contributed by atoms with Gasteiger partial charge in [0.15, 0.2) is 0 Å². The summed E-state index contributed by atoms with van der Waals surface area (Å²) < 4.78 is 0. The van der Waals surface area contributed by atoms with E-state index in [0.29, 0.717) is 12.6 Å². The van der Waals surface area contributed by atoms with Crippen LogP contribution in [0.15, 0.2) is 0 Å². The van der Waals surface area contributed by atoms with Gasteiger partial charge in [0, 0.05) is 31.3 Å². The van der Waals surface area contributed by atoms with E-state index in [2.05, 4.69) is 38.2 Å². The number of nitrogens with two attached hydrogens (primary N) is 1. The van der Waals surface area contributed by atoms with Gasteiger partial charge in [0.2, 0.25) is 0 Å². The largest absolute Gasteiger partial charge is 0.396 e. The number of aliphatic hydroxyl groups excluding tert-OH is 1. The minimum absolute atomic E-state index is 0.0737. The summed E-state index contributed by atoms with van der Waals surface area (Å²) in [6, 6.07) is 0.364. The summed E-state index contributed by atoms with van der Waals surface area (Å²) in [5, 5.41) is 12.3. The van der Waals surface area contributed by atoms with Crippen molar-refractivity contribution in [1.82, 2.24) is 10.2 Å². The first-order valence-corrected chi connectivity index (χ1v) is 5.68. The predicted molar refractivity (Wildman–Crippen MR) is 64.9 cm³/mol. The molecule has 0 rings (SSSR count). The number of nitrogens with one attached hydrogen (secondary N) is 1. The second-order valence-corrected chi connectivity index (χ2v) is 4.71. The van der Waals surface area contributed by atoms with Crippen LogP contribution in [0.25, 0.3) is 0 Å². The highest BCUT2D eigenvalue weighted by Crippen LogP contribution is 2.19. The van der Waals surface area contributed by atoms with E-state index in [1.807, 2.05) is 0 Å². The van der Waals surface area contributed by atoms with Gasteiger partial charge in [-0.25, -0.2) is 0 Å². The topological polar surface area (TPSA) is 61.5 Å². The summed E-state index contributed by atoms with van der Waals surface area (Å²) in [5.74, 6) is 0. The summed E-state index contributed by atoms with van der Waals surface area (Å²) in [6.07, 6.45) is 1.81. The van der Waals surface area contributed by atoms with Crippen LogP contribution in [0.5, 0.6) is 0 Å². The Hall–Kier alpha value is -0.160. The van der Waals surface area contributed by atoms with E-state index in [9.17, 15) is 0 Å². The van der Waals surface area contributed by atoms with E-state index in [-0.39, 0.29) is 12.1 Å². The van der Waals surface area contributed by atoms with Crippen molar-refractivity contribution in [2.24, 2.45) is 5.73 Å². The third kappa shape index (κ3) is 4.93. The lowest BCUT2D eigenvalue weighted by molar-refractivity contribution is 0.126. The molecule has 0 saturated heterocycles. The molecule has 0 aliphatic rings. The molecule has 0 aromatic rings. The first kappa shape index (κ1) is 14.8. The molecule has 0 saturated carbocycles. The van der Waals surface area contributed by atoms with Gasteiger partial charge in [0.05, 0.1) is 0 Å². The molecule has 4 heteroatoms. The van der Waals surface area contributed by atoms with Crippen molar-refractivity contribution in [3.05, 3.63) is 0 Å². The SMILES string of the molecule is CN(C)C(C)(C)C(CCCO)NCCN. The molecular formula is C11H27N3O. The third-order valence-electron chi connectivity index (χ3n) is 3.19. The van der Waals surface area contributed by atoms with Crippen LogP contribution in [0.1, 0.15) is 26.7 Å². The number of aliphatic hydroxyl groups is 1. The lowest BCUT2D eigenvalue weighted by Crippen LogP contribution is -2.55. The molecule has 0 aromatic carbocycles. The maximum absolute atomic E-state index is 8.88. The van der Waals surface area contributed by atoms with Crippen LogP contribution < -0.4 is 11.1 Å². The molecule has 92 valence electrons. The standard InChI is InChI=1S/C11H27N3O/c1-11(2,14(3)4)10(6-5-9-15)13-8-7-12/h10,13,15H,5-9,12H2,1-4H3. The zero-order valence-corrected chi connectivity index (χ0v) is 10.6. The molecule has 1 atom stereocenters. The molecule has 0 fully saturated rings. The maximum Gasteiger partial charge on any atom is 0.0431 e. The van der Waals surface area contributed by atoms with Crippen molar-refractivity contribution in [3.63, 3.8) is 0 Å². The first-order chi connectivity index (χ1) is 6.96. The molecule has 4 nitrogen and oxygen atoms in total. The quantitative estimate of drug-likeness (QED) is 0.536. The minimum atomic E-state index is 0.0737. The monoisotopic (exact) mass is 217 g/mol. The Bertz CT molecular complexity index is 152. The molecule has 0 aliphatic carbocycles. The van der Waals surface area contributed by atoms with E-state index >= 15 is 0 Å². The van der Waals surface area contributed by atoms with Gasteiger partial charge in [-0.2, -0.15) is 0 Å². The van der Waals surface area contributed by atoms with Crippen molar-refractivity contribution >= 4 is 0 Å². The molecule has 0 radical (unpaired) electrons. The van der Waals surface area contributed by atoms with Gasteiger partial charge >= 0.3 is 0 Å². The number of likely N-dealkylation sites (N-methyl/N-ethyl adjacent to an activating group) is 1. The Labute approximate surface area is 93.8 Å². The molecule has 1 unspecified atom stereocenters. The van der Waals surface area contributed by atoms with Crippen molar-refractivity contribution in [1.29, 1.82) is 0 Å². The number of rotatable bonds is 8. The Morgan fingerprint density at radius 3 is 2.40 bits per heavy atom. The molecular weight excluding hydrogens is 190 g/mol. The van der Waals surface area contributed by atoms with Gasteiger partial charge in [-0.1, -0.05) is 0 Å². The molecule has 0 spiro atoms. The van der Waals surface area contributed by atoms with Gasteiger partial charge < -0.3 is 21.1 Å². The second kappa shape index (κ2) is 7.17. The Kier molecular flexibility index (Phi) is 7.09. The average Bonchev–Trinajstić information content (AvgIpc) is 2.17. The van der Waals surface area contributed by atoms with Crippen LogP contribution in [0, 0.1) is 0 Å². The lowest BCUT2D eigenvalue weighted by atomic mass is 9.89. The molecule has 0 aliphatic heterocycles. The molecule has 4 N–H and O–H groups in total. The van der Waals surface area contributed by atoms with E-state index in [4.69, 9.17) is 10.8 Å². The van der Waals surface area contributed by atoms with Crippen LogP contribution in [0.3, 0.4) is 0 Å². The van der Waals surface area contributed by atoms with E-state index in [1.54, 1.807) is 0 Å². The Morgan fingerprint density at radius 1 is 1.40 bits per heavy atom. The second-order valence-electron chi connectivity index (χ2n) is 4.71. The van der Waals surface area contributed by atoms with Gasteiger partial charge in [-0.05, 0) is 40.8 Å². The number of hydrogen-bond acceptors (Lipinski definition) is 4. The van der Waals surface area contributed by atoms with Gasteiger partial charge in [0.25, 0.3) is 0 Å². The fourth-order valence-corrected chi connectivity index (χ4v) is 1.57.